The smallest absolute Gasteiger partial charge is 0.331 e. The van der Waals surface area contributed by atoms with Gasteiger partial charge in [-0.15, -0.1) is 0 Å². The number of hydrogen-bond acceptors (Lipinski definition) is 7. The van der Waals surface area contributed by atoms with Crippen LogP contribution in [0.2, 0.25) is 0 Å². The molecule has 1 heterocycles. The van der Waals surface area contributed by atoms with Crippen LogP contribution in [0, 0.1) is 52.3 Å². The van der Waals surface area contributed by atoms with Gasteiger partial charge in [-0.05, 0) is 103 Å². The number of cyclic esters (lactones) is 1. The maximum atomic E-state index is 12.5. The van der Waals surface area contributed by atoms with E-state index in [2.05, 4.69) is 20.8 Å². The van der Waals surface area contributed by atoms with Crippen molar-refractivity contribution in [1.82, 2.24) is 0 Å². The van der Waals surface area contributed by atoms with Crippen LogP contribution in [0.25, 0.3) is 0 Å². The standard InChI is InChI=1S/C33H50O7/c1-17(2)22-16-29(36)40-31(30(22)37)18(3)24-8-9-25-23-15-28(39-20(5)35)27-14-21(38-19(4)34)10-12-33(27,7)26(23)11-13-32(24,25)6/h16-18,21,23-28,30-31,37H,8-15H2,1-7H3/t18-,21+,23-,24+,25-,26-,27-,28-,30-,31+,32+,33+/m0/s1. The average molecular weight is 559 g/mol. The van der Waals surface area contributed by atoms with Crippen LogP contribution in [0.15, 0.2) is 11.6 Å². The number of carbonyl (C=O) groups is 3. The summed E-state index contributed by atoms with van der Waals surface area (Å²) in [5.41, 5.74) is 0.887. The Bertz CT molecular complexity index is 1050. The maximum Gasteiger partial charge on any atom is 0.331 e. The summed E-state index contributed by atoms with van der Waals surface area (Å²) in [6.45, 7) is 14.0. The van der Waals surface area contributed by atoms with Crippen LogP contribution < -0.4 is 0 Å². The Balaban J connectivity index is 1.40. The quantitative estimate of drug-likeness (QED) is 0.345. The van der Waals surface area contributed by atoms with Gasteiger partial charge in [0.25, 0.3) is 0 Å². The van der Waals surface area contributed by atoms with Gasteiger partial charge in [-0.1, -0.05) is 34.6 Å². The minimum absolute atomic E-state index is 0.0385. The van der Waals surface area contributed by atoms with Crippen LogP contribution in [-0.4, -0.2) is 47.4 Å². The van der Waals surface area contributed by atoms with Gasteiger partial charge in [-0.25, -0.2) is 4.79 Å². The van der Waals surface area contributed by atoms with Gasteiger partial charge >= 0.3 is 17.9 Å². The molecule has 0 amide bonds. The average Bonchev–Trinajstić information content (AvgIpc) is 3.22. The lowest BCUT2D eigenvalue weighted by molar-refractivity contribution is -0.198. The molecule has 12 atom stereocenters. The highest BCUT2D eigenvalue weighted by molar-refractivity contribution is 5.84. The van der Waals surface area contributed by atoms with Crippen molar-refractivity contribution in [2.24, 2.45) is 52.3 Å². The molecular weight excluding hydrogens is 508 g/mol. The van der Waals surface area contributed by atoms with Crippen LogP contribution in [-0.2, 0) is 28.6 Å². The minimum atomic E-state index is -0.762. The second-order valence-corrected chi connectivity index (χ2v) is 14.6. The highest BCUT2D eigenvalue weighted by Gasteiger charge is 2.64. The molecule has 224 valence electrons. The molecule has 1 aliphatic heterocycles. The third-order valence-corrected chi connectivity index (χ3v) is 12.3. The number of carbonyl (C=O) groups excluding carboxylic acids is 3. The first kappa shape index (κ1) is 29.6. The molecule has 0 radical (unpaired) electrons. The van der Waals surface area contributed by atoms with Gasteiger partial charge in [-0.2, -0.15) is 0 Å². The second-order valence-electron chi connectivity index (χ2n) is 14.6. The summed E-state index contributed by atoms with van der Waals surface area (Å²) in [7, 11) is 0. The van der Waals surface area contributed by atoms with E-state index in [1.54, 1.807) is 0 Å². The largest absolute Gasteiger partial charge is 0.463 e. The molecule has 0 unspecified atom stereocenters. The Morgan fingerprint density at radius 1 is 0.925 bits per heavy atom. The summed E-state index contributed by atoms with van der Waals surface area (Å²) in [6.07, 6.45) is 7.80. The molecular formula is C33H50O7. The van der Waals surface area contributed by atoms with Gasteiger partial charge < -0.3 is 19.3 Å². The Hall–Kier alpha value is -1.89. The highest BCUT2D eigenvalue weighted by atomic mass is 16.6. The van der Waals surface area contributed by atoms with Crippen molar-refractivity contribution >= 4 is 17.9 Å². The summed E-state index contributed by atoms with van der Waals surface area (Å²) >= 11 is 0. The van der Waals surface area contributed by atoms with Crippen molar-refractivity contribution in [3.8, 4) is 0 Å². The van der Waals surface area contributed by atoms with E-state index in [9.17, 15) is 19.5 Å². The zero-order chi connectivity index (χ0) is 29.1. The molecule has 7 heteroatoms. The first-order valence-electron chi connectivity index (χ1n) is 15.7. The molecule has 0 aromatic heterocycles. The normalized spacial score (nSPS) is 45.4. The summed E-state index contributed by atoms with van der Waals surface area (Å²) in [5.74, 6) is 1.35. The van der Waals surface area contributed by atoms with Crippen LogP contribution in [0.5, 0.6) is 0 Å². The van der Waals surface area contributed by atoms with Crippen molar-refractivity contribution in [1.29, 1.82) is 0 Å². The monoisotopic (exact) mass is 558 g/mol. The fraction of sp³-hybridized carbons (Fsp3) is 0.848. The molecule has 4 saturated carbocycles. The van der Waals surface area contributed by atoms with E-state index in [-0.39, 0.29) is 58.7 Å². The number of ether oxygens (including phenoxy) is 3. The summed E-state index contributed by atoms with van der Waals surface area (Å²) in [4.78, 5) is 36.5. The molecule has 7 nitrogen and oxygen atoms in total. The summed E-state index contributed by atoms with van der Waals surface area (Å²) in [6, 6.07) is 0. The van der Waals surface area contributed by atoms with E-state index in [4.69, 9.17) is 14.2 Å². The van der Waals surface area contributed by atoms with Crippen LogP contribution in [0.3, 0.4) is 0 Å². The van der Waals surface area contributed by atoms with Gasteiger partial charge in [0.15, 0.2) is 0 Å². The topological polar surface area (TPSA) is 99.1 Å². The van der Waals surface area contributed by atoms with E-state index in [1.807, 2.05) is 13.8 Å². The Kier molecular flexibility index (Phi) is 7.95. The number of hydrogen-bond donors (Lipinski definition) is 1. The predicted molar refractivity (Wildman–Crippen MR) is 150 cm³/mol. The van der Waals surface area contributed by atoms with Crippen molar-refractivity contribution in [2.45, 2.75) is 124 Å². The van der Waals surface area contributed by atoms with E-state index in [0.29, 0.717) is 23.7 Å². The Labute approximate surface area is 239 Å². The van der Waals surface area contributed by atoms with Gasteiger partial charge in [0.05, 0.1) is 0 Å². The van der Waals surface area contributed by atoms with Crippen molar-refractivity contribution in [2.75, 3.05) is 0 Å². The van der Waals surface area contributed by atoms with Crippen molar-refractivity contribution in [3.63, 3.8) is 0 Å². The molecule has 0 aromatic rings. The fourth-order valence-electron chi connectivity index (χ4n) is 10.6. The maximum absolute atomic E-state index is 12.5. The van der Waals surface area contributed by atoms with Crippen LogP contribution in [0.4, 0.5) is 0 Å². The second kappa shape index (κ2) is 10.7. The molecule has 5 rings (SSSR count). The zero-order valence-electron chi connectivity index (χ0n) is 25.5. The van der Waals surface area contributed by atoms with E-state index < -0.39 is 12.2 Å². The molecule has 4 aliphatic carbocycles. The molecule has 0 bridgehead atoms. The highest BCUT2D eigenvalue weighted by Crippen LogP contribution is 2.69. The fourth-order valence-corrected chi connectivity index (χ4v) is 10.6. The third kappa shape index (κ3) is 4.92. The lowest BCUT2D eigenvalue weighted by Crippen LogP contribution is -2.59. The molecule has 0 spiro atoms. The first-order valence-corrected chi connectivity index (χ1v) is 15.7. The molecule has 0 aromatic carbocycles. The van der Waals surface area contributed by atoms with Gasteiger partial charge in [0.1, 0.15) is 24.4 Å². The number of rotatable bonds is 5. The van der Waals surface area contributed by atoms with E-state index in [0.717, 1.165) is 56.9 Å². The number of aliphatic hydroxyl groups is 1. The van der Waals surface area contributed by atoms with Gasteiger partial charge in [-0.3, -0.25) is 9.59 Å². The van der Waals surface area contributed by atoms with Crippen LogP contribution >= 0.6 is 0 Å². The van der Waals surface area contributed by atoms with Crippen molar-refractivity contribution in [3.05, 3.63) is 11.6 Å². The van der Waals surface area contributed by atoms with Crippen molar-refractivity contribution < 1.29 is 33.7 Å². The summed E-state index contributed by atoms with van der Waals surface area (Å²) in [5, 5.41) is 11.2. The lowest BCUT2D eigenvalue weighted by atomic mass is 9.43. The SMILES string of the molecule is CC(=O)O[C@@H]1CC[C@]2(C)[C@H]3CC[C@]4(C)[C@@H]([C@H](C)[C@H]5OC(=O)C=C(C(C)C)[C@@H]5O)CC[C@H]4[C@@H]3C[C@H](OC(C)=O)[C@@H]2C1. The first-order chi connectivity index (χ1) is 18.8. The Morgan fingerprint density at radius 2 is 1.57 bits per heavy atom. The third-order valence-electron chi connectivity index (χ3n) is 12.3. The Morgan fingerprint density at radius 3 is 2.23 bits per heavy atom. The van der Waals surface area contributed by atoms with Gasteiger partial charge in [0, 0.05) is 25.8 Å². The molecule has 40 heavy (non-hydrogen) atoms. The van der Waals surface area contributed by atoms with E-state index in [1.165, 1.54) is 19.9 Å². The number of esters is 3. The number of fused-ring (bicyclic) bond motifs is 5. The predicted octanol–water partition coefficient (Wildman–Crippen LogP) is 5.62. The summed E-state index contributed by atoms with van der Waals surface area (Å²) < 4.78 is 17.5. The zero-order valence-corrected chi connectivity index (χ0v) is 25.5. The molecule has 5 aliphatic rings. The number of aliphatic hydroxyl groups excluding tert-OH is 1. The van der Waals surface area contributed by atoms with E-state index >= 15 is 0 Å². The molecule has 0 saturated heterocycles. The van der Waals surface area contributed by atoms with Crippen LogP contribution in [0.1, 0.15) is 99.8 Å². The lowest BCUT2D eigenvalue weighted by Gasteiger charge is -2.62. The van der Waals surface area contributed by atoms with Gasteiger partial charge in [0.2, 0.25) is 0 Å². The minimum Gasteiger partial charge on any atom is -0.463 e. The molecule has 4 fully saturated rings. The molecule has 1 N–H and O–H groups in total.